The first-order chi connectivity index (χ1) is 14.0. The highest BCUT2D eigenvalue weighted by Crippen LogP contribution is 2.26. The third-order valence-electron chi connectivity index (χ3n) is 6.84. The zero-order valence-corrected chi connectivity index (χ0v) is 20.0. The first-order valence-corrected chi connectivity index (χ1v) is 12.0. The molecular formula is C22H54N8. The summed E-state index contributed by atoms with van der Waals surface area (Å²) < 4.78 is 0. The predicted octanol–water partition coefficient (Wildman–Crippen LogP) is 0.405. The van der Waals surface area contributed by atoms with E-state index in [4.69, 9.17) is 40.1 Å². The van der Waals surface area contributed by atoms with Crippen LogP contribution in [0.3, 0.4) is 0 Å². The van der Waals surface area contributed by atoms with E-state index in [9.17, 15) is 0 Å². The Hall–Kier alpha value is -0.320. The topological polar surface area (TPSA) is 194 Å². The lowest BCUT2D eigenvalue weighted by atomic mass is 9.76. The molecular weight excluding hydrogens is 376 g/mol. The molecule has 8 nitrogen and oxygen atoms in total. The average Bonchev–Trinajstić information content (AvgIpc) is 2.68. The molecule has 30 heavy (non-hydrogen) atoms. The van der Waals surface area contributed by atoms with Gasteiger partial charge in [-0.3, -0.25) is 5.32 Å². The minimum Gasteiger partial charge on any atom is -0.330 e. The van der Waals surface area contributed by atoms with Gasteiger partial charge >= 0.3 is 0 Å². The van der Waals surface area contributed by atoms with E-state index < -0.39 is 5.54 Å². The van der Waals surface area contributed by atoms with Gasteiger partial charge in [-0.2, -0.15) is 0 Å². The summed E-state index contributed by atoms with van der Waals surface area (Å²) in [4.78, 5) is 0. The predicted molar refractivity (Wildman–Crippen MR) is 131 cm³/mol. The first kappa shape index (κ1) is 29.7. The SMILES string of the molecule is CC(CCCC(N)C(N)(CCN)C(N)CCCN)C(C)(C)NC(N)CCCCCN. The highest BCUT2D eigenvalue weighted by Gasteiger charge is 2.37. The molecule has 0 aromatic carbocycles. The molecule has 0 saturated heterocycles. The maximum atomic E-state index is 6.67. The normalized spacial score (nSPS) is 18.6. The Balaban J connectivity index is 4.56. The van der Waals surface area contributed by atoms with Gasteiger partial charge in [0, 0.05) is 23.2 Å². The summed E-state index contributed by atoms with van der Waals surface area (Å²) in [5, 5.41) is 3.61. The van der Waals surface area contributed by atoms with E-state index in [2.05, 4.69) is 26.1 Å². The van der Waals surface area contributed by atoms with Crippen molar-refractivity contribution in [2.24, 2.45) is 46.1 Å². The number of rotatable bonds is 19. The summed E-state index contributed by atoms with van der Waals surface area (Å²) in [5.41, 5.74) is 42.2. The van der Waals surface area contributed by atoms with Crippen LogP contribution in [0.1, 0.15) is 85.0 Å². The molecule has 15 N–H and O–H groups in total. The van der Waals surface area contributed by atoms with Crippen molar-refractivity contribution in [2.75, 3.05) is 19.6 Å². The van der Waals surface area contributed by atoms with E-state index in [0.717, 1.165) is 64.3 Å². The molecule has 0 bridgehead atoms. The van der Waals surface area contributed by atoms with Gasteiger partial charge in [-0.25, -0.2) is 0 Å². The lowest BCUT2D eigenvalue weighted by molar-refractivity contribution is 0.208. The minimum absolute atomic E-state index is 0.00395. The van der Waals surface area contributed by atoms with Crippen molar-refractivity contribution in [3.8, 4) is 0 Å². The molecule has 0 radical (unpaired) electrons. The van der Waals surface area contributed by atoms with E-state index in [1.54, 1.807) is 0 Å². The minimum atomic E-state index is -0.646. The largest absolute Gasteiger partial charge is 0.330 e. The molecule has 182 valence electrons. The molecule has 0 aliphatic carbocycles. The maximum absolute atomic E-state index is 6.67. The van der Waals surface area contributed by atoms with Crippen LogP contribution in [-0.2, 0) is 0 Å². The standard InChI is InChI=1S/C22H54N8/c1-17(21(2,3)30-20(28)12-5-4-6-14-23)9-7-10-18(26)22(29,13-16-25)19(27)11-8-15-24/h17-20,30H,4-16,23-29H2,1-3H3. The fourth-order valence-corrected chi connectivity index (χ4v) is 4.15. The van der Waals surface area contributed by atoms with Crippen molar-refractivity contribution in [1.82, 2.24) is 5.32 Å². The van der Waals surface area contributed by atoms with Crippen molar-refractivity contribution >= 4 is 0 Å². The highest BCUT2D eigenvalue weighted by molar-refractivity contribution is 5.02. The van der Waals surface area contributed by atoms with Gasteiger partial charge in [-0.05, 0) is 84.3 Å². The van der Waals surface area contributed by atoms with Gasteiger partial charge < -0.3 is 40.1 Å². The molecule has 0 heterocycles. The molecule has 0 amide bonds. The van der Waals surface area contributed by atoms with Crippen LogP contribution in [0, 0.1) is 5.92 Å². The summed E-state index contributed by atoms with van der Waals surface area (Å²) in [6.45, 7) is 8.56. The Morgan fingerprint density at radius 2 is 1.27 bits per heavy atom. The van der Waals surface area contributed by atoms with Gasteiger partial charge in [0.25, 0.3) is 0 Å². The van der Waals surface area contributed by atoms with E-state index in [1.165, 1.54) is 0 Å². The third-order valence-corrected chi connectivity index (χ3v) is 6.84. The van der Waals surface area contributed by atoms with Crippen molar-refractivity contribution in [3.63, 3.8) is 0 Å². The smallest absolute Gasteiger partial charge is 0.0550 e. The zero-order valence-electron chi connectivity index (χ0n) is 20.0. The Bertz CT molecular complexity index is 420. The van der Waals surface area contributed by atoms with Gasteiger partial charge in [0.05, 0.1) is 6.17 Å². The second kappa shape index (κ2) is 15.5. The van der Waals surface area contributed by atoms with Gasteiger partial charge in [-0.15, -0.1) is 0 Å². The molecule has 0 rings (SSSR count). The van der Waals surface area contributed by atoms with Gasteiger partial charge in [0.2, 0.25) is 0 Å². The molecule has 0 aliphatic heterocycles. The number of nitrogens with two attached hydrogens (primary N) is 7. The van der Waals surface area contributed by atoms with Gasteiger partial charge in [0.15, 0.2) is 0 Å². The van der Waals surface area contributed by atoms with Crippen LogP contribution in [0.4, 0.5) is 0 Å². The Morgan fingerprint density at radius 1 is 0.700 bits per heavy atom. The summed E-state index contributed by atoms with van der Waals surface area (Å²) in [7, 11) is 0. The summed E-state index contributed by atoms with van der Waals surface area (Å²) in [6, 6.07) is -0.366. The van der Waals surface area contributed by atoms with E-state index in [0.29, 0.717) is 25.4 Å². The number of nitrogens with one attached hydrogen (secondary N) is 1. The average molecular weight is 431 g/mol. The van der Waals surface area contributed by atoms with Gasteiger partial charge in [-0.1, -0.05) is 26.2 Å². The second-order valence-electron chi connectivity index (χ2n) is 9.74. The van der Waals surface area contributed by atoms with Crippen molar-refractivity contribution in [3.05, 3.63) is 0 Å². The molecule has 8 heteroatoms. The summed E-state index contributed by atoms with van der Waals surface area (Å²) in [6.07, 6.45) is 9.40. The molecule has 0 spiro atoms. The van der Waals surface area contributed by atoms with E-state index in [1.807, 2.05) is 0 Å². The molecule has 0 aromatic heterocycles. The third kappa shape index (κ3) is 10.8. The molecule has 0 saturated carbocycles. The van der Waals surface area contributed by atoms with Crippen LogP contribution in [0.2, 0.25) is 0 Å². The van der Waals surface area contributed by atoms with Crippen LogP contribution >= 0.6 is 0 Å². The Kier molecular flexibility index (Phi) is 15.3. The highest BCUT2D eigenvalue weighted by atomic mass is 15.1. The quantitative estimate of drug-likeness (QED) is 0.106. The van der Waals surface area contributed by atoms with Crippen molar-refractivity contribution in [1.29, 1.82) is 0 Å². The van der Waals surface area contributed by atoms with Crippen LogP contribution < -0.4 is 45.5 Å². The number of hydrogen-bond donors (Lipinski definition) is 8. The molecule has 0 fully saturated rings. The molecule has 0 aliphatic rings. The Morgan fingerprint density at radius 3 is 1.80 bits per heavy atom. The summed E-state index contributed by atoms with van der Waals surface area (Å²) in [5.74, 6) is 0.451. The zero-order chi connectivity index (χ0) is 23.2. The molecule has 5 unspecified atom stereocenters. The summed E-state index contributed by atoms with van der Waals surface area (Å²) >= 11 is 0. The monoisotopic (exact) mass is 430 g/mol. The van der Waals surface area contributed by atoms with Crippen molar-refractivity contribution < 1.29 is 0 Å². The van der Waals surface area contributed by atoms with E-state index >= 15 is 0 Å². The molecule has 5 atom stereocenters. The lowest BCUT2D eigenvalue weighted by Crippen LogP contribution is -2.66. The van der Waals surface area contributed by atoms with Crippen molar-refractivity contribution in [2.45, 2.75) is 114 Å². The van der Waals surface area contributed by atoms with Crippen LogP contribution in [0.15, 0.2) is 0 Å². The maximum Gasteiger partial charge on any atom is 0.0550 e. The van der Waals surface area contributed by atoms with E-state index in [-0.39, 0.29) is 23.8 Å². The van der Waals surface area contributed by atoms with Crippen LogP contribution in [0.25, 0.3) is 0 Å². The van der Waals surface area contributed by atoms with Crippen LogP contribution in [0.5, 0.6) is 0 Å². The van der Waals surface area contributed by atoms with Gasteiger partial charge in [0.1, 0.15) is 0 Å². The Labute approximate surface area is 185 Å². The number of unbranched alkanes of at least 4 members (excludes halogenated alkanes) is 2. The van der Waals surface area contributed by atoms with Crippen LogP contribution in [-0.4, -0.2) is 49.0 Å². The lowest BCUT2D eigenvalue weighted by Gasteiger charge is -2.41. The second-order valence-corrected chi connectivity index (χ2v) is 9.74. The first-order valence-electron chi connectivity index (χ1n) is 12.0. The fourth-order valence-electron chi connectivity index (χ4n) is 4.15. The molecule has 0 aromatic rings. The fraction of sp³-hybridized carbons (Fsp3) is 1.00. The number of hydrogen-bond acceptors (Lipinski definition) is 8.